The minimum atomic E-state index is 0.248. The molecule has 4 aliphatic carbocycles. The fourth-order valence-electron chi connectivity index (χ4n) is 9.44. The molecule has 0 saturated carbocycles. The summed E-state index contributed by atoms with van der Waals surface area (Å²) in [5, 5.41) is 0. The predicted octanol–water partition coefficient (Wildman–Crippen LogP) is 15.7. The van der Waals surface area contributed by atoms with Gasteiger partial charge in [-0.2, -0.15) is 0 Å². The Kier molecular flexibility index (Phi) is 11.5. The third-order valence-electron chi connectivity index (χ3n) is 12.8. The third kappa shape index (κ3) is 8.55. The van der Waals surface area contributed by atoms with E-state index >= 15 is 0 Å². The van der Waals surface area contributed by atoms with Crippen molar-refractivity contribution in [2.45, 2.75) is 50.6 Å². The molecule has 0 radical (unpaired) electrons. The molecule has 0 bridgehead atoms. The van der Waals surface area contributed by atoms with E-state index in [-0.39, 0.29) is 12.1 Å². The number of hydrogen-bond acceptors (Lipinski definition) is 2. The summed E-state index contributed by atoms with van der Waals surface area (Å²) < 4.78 is 0. The highest BCUT2D eigenvalue weighted by atomic mass is 15.2. The van der Waals surface area contributed by atoms with E-state index in [1.54, 1.807) is 0 Å². The molecule has 10 rings (SSSR count). The van der Waals surface area contributed by atoms with Crippen LogP contribution >= 0.6 is 0 Å². The van der Waals surface area contributed by atoms with Gasteiger partial charge in [0.1, 0.15) is 0 Å². The van der Waals surface area contributed by atoms with Crippen LogP contribution in [0.2, 0.25) is 0 Å². The molecule has 0 fully saturated rings. The summed E-state index contributed by atoms with van der Waals surface area (Å²) in [7, 11) is 0. The summed E-state index contributed by atoms with van der Waals surface area (Å²) in [6, 6.07) is 60.1. The van der Waals surface area contributed by atoms with Gasteiger partial charge in [-0.05, 0) is 137 Å². The lowest BCUT2D eigenvalue weighted by Gasteiger charge is -2.39. The van der Waals surface area contributed by atoms with Gasteiger partial charge in [-0.15, -0.1) is 0 Å². The van der Waals surface area contributed by atoms with Gasteiger partial charge in [0.05, 0.1) is 12.1 Å². The second-order valence-corrected chi connectivity index (χ2v) is 16.6. The number of nitrogens with zero attached hydrogens (tertiary/aromatic N) is 2. The fourth-order valence-corrected chi connectivity index (χ4v) is 9.44. The number of allylic oxidation sites excluding steroid dienone is 12. The van der Waals surface area contributed by atoms with Crippen molar-refractivity contribution in [3.05, 3.63) is 259 Å². The largest absolute Gasteiger partial charge is 0.358 e. The second-order valence-electron chi connectivity index (χ2n) is 16.6. The maximum atomic E-state index is 2.62. The van der Waals surface area contributed by atoms with Crippen LogP contribution in [0.15, 0.2) is 247 Å². The van der Waals surface area contributed by atoms with Crippen LogP contribution in [0.5, 0.6) is 0 Å². The van der Waals surface area contributed by atoms with Gasteiger partial charge in [-0.3, -0.25) is 0 Å². The van der Waals surface area contributed by atoms with Crippen LogP contribution in [0.4, 0.5) is 17.1 Å². The molecule has 6 aromatic rings. The highest BCUT2D eigenvalue weighted by Gasteiger charge is 2.26. The van der Waals surface area contributed by atoms with Crippen molar-refractivity contribution in [2.24, 2.45) is 0 Å². The first kappa shape index (κ1) is 39.0. The van der Waals surface area contributed by atoms with E-state index in [2.05, 4.69) is 240 Å². The number of benzene rings is 6. The number of hydrogen-bond donors (Lipinski definition) is 0. The molecule has 0 saturated heterocycles. The Morgan fingerprint density at radius 3 is 1.26 bits per heavy atom. The minimum Gasteiger partial charge on any atom is -0.358 e. The molecule has 0 aromatic heterocycles. The van der Waals surface area contributed by atoms with Crippen LogP contribution in [-0.2, 0) is 0 Å². The lowest BCUT2D eigenvalue weighted by Crippen LogP contribution is -2.42. The molecule has 6 aromatic carbocycles. The predicted molar refractivity (Wildman–Crippen MR) is 264 cm³/mol. The summed E-state index contributed by atoms with van der Waals surface area (Å²) in [6.45, 7) is 0. The molecule has 0 spiro atoms. The number of rotatable bonds is 11. The van der Waals surface area contributed by atoms with Gasteiger partial charge in [0.25, 0.3) is 0 Å². The summed E-state index contributed by atoms with van der Waals surface area (Å²) in [6.07, 6.45) is 32.0. The molecule has 4 aliphatic rings. The molecule has 0 N–H and O–H groups in total. The highest BCUT2D eigenvalue weighted by Crippen LogP contribution is 2.39. The van der Waals surface area contributed by atoms with Crippen molar-refractivity contribution in [1.82, 2.24) is 0 Å². The Bertz CT molecular complexity index is 2670. The quantitative estimate of drug-likeness (QED) is 0.129. The van der Waals surface area contributed by atoms with Gasteiger partial charge in [-0.25, -0.2) is 0 Å². The normalized spacial score (nSPS) is 18.2. The van der Waals surface area contributed by atoms with Gasteiger partial charge in [0, 0.05) is 22.8 Å². The monoisotopic (exact) mass is 800 g/mol. The summed E-state index contributed by atoms with van der Waals surface area (Å²) in [5.41, 5.74) is 17.9. The van der Waals surface area contributed by atoms with Crippen molar-refractivity contribution in [2.75, 3.05) is 9.80 Å². The van der Waals surface area contributed by atoms with Crippen molar-refractivity contribution < 1.29 is 0 Å². The highest BCUT2D eigenvalue weighted by molar-refractivity contribution is 5.79. The first-order valence-electron chi connectivity index (χ1n) is 22.3. The van der Waals surface area contributed by atoms with Gasteiger partial charge >= 0.3 is 0 Å². The maximum Gasteiger partial charge on any atom is 0.0517 e. The second kappa shape index (κ2) is 18.2. The Morgan fingerprint density at radius 2 is 0.839 bits per heavy atom. The third-order valence-corrected chi connectivity index (χ3v) is 12.8. The van der Waals surface area contributed by atoms with Crippen LogP contribution in [0.1, 0.15) is 49.7 Å². The van der Waals surface area contributed by atoms with Crippen molar-refractivity contribution in [3.8, 4) is 22.3 Å². The summed E-state index contributed by atoms with van der Waals surface area (Å²) in [4.78, 5) is 5.07. The molecular formula is C60H52N2. The van der Waals surface area contributed by atoms with Crippen LogP contribution in [0.3, 0.4) is 0 Å². The fraction of sp³-hybridized carbons (Fsp3) is 0.133. The topological polar surface area (TPSA) is 6.48 Å². The smallest absolute Gasteiger partial charge is 0.0517 e. The van der Waals surface area contributed by atoms with Crippen LogP contribution < -0.4 is 9.80 Å². The van der Waals surface area contributed by atoms with E-state index < -0.39 is 0 Å². The Morgan fingerprint density at radius 1 is 0.387 bits per heavy atom. The summed E-state index contributed by atoms with van der Waals surface area (Å²) >= 11 is 0. The average Bonchev–Trinajstić information content (AvgIpc) is 3.36. The first-order valence-corrected chi connectivity index (χ1v) is 22.3. The molecule has 0 heterocycles. The lowest BCUT2D eigenvalue weighted by atomic mass is 9.90. The van der Waals surface area contributed by atoms with Gasteiger partial charge in [0.2, 0.25) is 0 Å². The molecule has 0 aliphatic heterocycles. The summed E-state index contributed by atoms with van der Waals surface area (Å²) in [5.74, 6) is 0. The molecular weight excluding hydrogens is 749 g/mol. The van der Waals surface area contributed by atoms with Crippen LogP contribution in [0.25, 0.3) is 33.4 Å². The molecule has 2 unspecified atom stereocenters. The zero-order valence-corrected chi connectivity index (χ0v) is 35.2. The zero-order valence-electron chi connectivity index (χ0n) is 35.2. The van der Waals surface area contributed by atoms with Crippen molar-refractivity contribution in [1.29, 1.82) is 0 Å². The van der Waals surface area contributed by atoms with Crippen molar-refractivity contribution in [3.63, 3.8) is 0 Å². The zero-order chi connectivity index (χ0) is 41.5. The molecule has 62 heavy (non-hydrogen) atoms. The van der Waals surface area contributed by atoms with Crippen molar-refractivity contribution >= 4 is 28.2 Å². The molecule has 2 heteroatoms. The Labute approximate surface area is 367 Å². The van der Waals surface area contributed by atoms with E-state index in [1.165, 1.54) is 78.4 Å². The van der Waals surface area contributed by atoms with Crippen LogP contribution in [-0.4, -0.2) is 12.1 Å². The molecule has 0 amide bonds. The number of anilines is 3. The minimum absolute atomic E-state index is 0.248. The van der Waals surface area contributed by atoms with E-state index in [4.69, 9.17) is 0 Å². The molecule has 302 valence electrons. The van der Waals surface area contributed by atoms with E-state index in [0.29, 0.717) is 0 Å². The molecule has 2 atom stereocenters. The van der Waals surface area contributed by atoms with Gasteiger partial charge in [0.15, 0.2) is 0 Å². The average molecular weight is 801 g/mol. The first-order chi connectivity index (χ1) is 30.7. The SMILES string of the molecule is C1=CCCC(C2=CC=C(N(c3ccc(-c4ccccc4)cc3)c3ccc(-c4ccc(N(C5C=CC(c6ccccc6)=CC5)C5C=CC(c6ccccc6)=CC5)cc4)cc3)CC2)=C1. The molecule has 2 nitrogen and oxygen atoms in total. The maximum absolute atomic E-state index is 2.62. The standard InChI is InChI=1S/C60H52N2/c1-5-13-45(14-6-1)49-21-33-55(34-22-49)61(56-35-23-50(24-36-56)46-15-7-2-8-16-46)59-41-29-53(30-42-59)54-31-43-60(44-32-54)62(57-37-25-51(26-38-57)47-17-9-3-10-18-47)58-39-27-52(28-40-58)48-19-11-4-12-20-48/h1-11,13-19,21-27,29-33,35,37-39,41-44,55-56H,12,20,28,34,36,40H2. The Balaban J connectivity index is 0.924. The van der Waals surface area contributed by atoms with Gasteiger partial charge < -0.3 is 9.80 Å². The van der Waals surface area contributed by atoms with Gasteiger partial charge in [-0.1, -0.05) is 188 Å². The lowest BCUT2D eigenvalue weighted by molar-refractivity contribution is 0.617. The van der Waals surface area contributed by atoms with Crippen LogP contribution in [0, 0.1) is 0 Å². The Hall–Kier alpha value is -7.16. The van der Waals surface area contributed by atoms with E-state index in [9.17, 15) is 0 Å². The van der Waals surface area contributed by atoms with E-state index in [0.717, 1.165) is 38.5 Å². The van der Waals surface area contributed by atoms with E-state index in [1.807, 2.05) is 0 Å².